The summed E-state index contributed by atoms with van der Waals surface area (Å²) in [6.07, 6.45) is 0. The van der Waals surface area contributed by atoms with Gasteiger partial charge in [0, 0.05) is 6.04 Å². The van der Waals surface area contributed by atoms with Gasteiger partial charge in [0.05, 0.1) is 0 Å². The van der Waals surface area contributed by atoms with Crippen molar-refractivity contribution in [2.24, 2.45) is 16.8 Å². The number of aromatic nitrogens is 1. The molecule has 1 heterocycles. The van der Waals surface area contributed by atoms with Gasteiger partial charge in [-0.3, -0.25) is 5.01 Å². The topological polar surface area (TPSA) is 107 Å². The quantitative estimate of drug-likeness (QED) is 0.329. The van der Waals surface area contributed by atoms with Crippen molar-refractivity contribution in [3.63, 3.8) is 0 Å². The zero-order valence-corrected chi connectivity index (χ0v) is 12.9. The highest BCUT2D eigenvalue weighted by Gasteiger charge is 2.14. The molecule has 110 valence electrons. The molecule has 0 aromatic carbocycles. The zero-order valence-electron chi connectivity index (χ0n) is 12.9. The highest BCUT2D eigenvalue weighted by molar-refractivity contribution is 5.96. The van der Waals surface area contributed by atoms with Crippen LogP contribution >= 0.6 is 0 Å². The van der Waals surface area contributed by atoms with Gasteiger partial charge < -0.3 is 11.6 Å². The maximum Gasteiger partial charge on any atom is 0.188 e. The molecule has 1 aromatic heterocycles. The van der Waals surface area contributed by atoms with Gasteiger partial charge in [0.15, 0.2) is 5.84 Å². The molecular weight excluding hydrogens is 240 g/mol. The third kappa shape index (κ3) is 6.61. The van der Waals surface area contributed by atoms with Crippen LogP contribution in [0.15, 0.2) is 23.3 Å². The maximum atomic E-state index is 5.80. The number of hydrogen-bond donors (Lipinski definition) is 3. The summed E-state index contributed by atoms with van der Waals surface area (Å²) in [6, 6.07) is 5.30. The zero-order chi connectivity index (χ0) is 15.4. The van der Waals surface area contributed by atoms with E-state index in [1.54, 1.807) is 18.2 Å². The van der Waals surface area contributed by atoms with Crippen molar-refractivity contribution >= 4 is 11.7 Å². The van der Waals surface area contributed by atoms with Crippen LogP contribution in [0.25, 0.3) is 0 Å². The largest absolute Gasteiger partial charge is 0.384 e. The summed E-state index contributed by atoms with van der Waals surface area (Å²) in [5, 5.41) is 5.07. The van der Waals surface area contributed by atoms with Crippen molar-refractivity contribution in [1.82, 2.24) is 9.99 Å². The van der Waals surface area contributed by atoms with Gasteiger partial charge >= 0.3 is 0 Å². The van der Waals surface area contributed by atoms with Gasteiger partial charge in [-0.1, -0.05) is 33.8 Å². The fourth-order valence-electron chi connectivity index (χ4n) is 1.09. The van der Waals surface area contributed by atoms with Crippen LogP contribution in [0.2, 0.25) is 0 Å². The van der Waals surface area contributed by atoms with E-state index in [-0.39, 0.29) is 6.04 Å². The van der Waals surface area contributed by atoms with Gasteiger partial charge in [-0.15, -0.1) is 0 Å². The molecule has 0 fully saturated rings. The number of nitrogens with zero attached hydrogens (tertiary/aromatic N) is 3. The summed E-state index contributed by atoms with van der Waals surface area (Å²) < 4.78 is 0. The molecule has 0 radical (unpaired) electrons. The molecule has 19 heavy (non-hydrogen) atoms. The summed E-state index contributed by atoms with van der Waals surface area (Å²) in [5.41, 5.74) is 6.12. The number of amidine groups is 1. The lowest BCUT2D eigenvalue weighted by Crippen LogP contribution is -2.44. The second-order valence-corrected chi connectivity index (χ2v) is 3.40. The highest BCUT2D eigenvalue weighted by Crippen LogP contribution is 2.05. The van der Waals surface area contributed by atoms with Gasteiger partial charge in [-0.05, 0) is 26.0 Å². The lowest BCUT2D eigenvalue weighted by Gasteiger charge is -2.23. The van der Waals surface area contributed by atoms with E-state index < -0.39 is 0 Å². The highest BCUT2D eigenvalue weighted by atomic mass is 15.5. The summed E-state index contributed by atoms with van der Waals surface area (Å²) >= 11 is 0. The number of hydrazine groups is 1. The Morgan fingerprint density at radius 1 is 1.21 bits per heavy atom. The van der Waals surface area contributed by atoms with Gasteiger partial charge in [-0.25, -0.2) is 10.8 Å². The first-order valence-electron chi connectivity index (χ1n) is 6.61. The second kappa shape index (κ2) is 11.3. The molecule has 0 aliphatic heterocycles. The van der Waals surface area contributed by atoms with E-state index >= 15 is 0 Å². The SMILES string of the molecule is CC.CC.CC(C)N(N)/C(=N\N)c1cccc(N)n1. The van der Waals surface area contributed by atoms with Crippen LogP contribution in [-0.2, 0) is 0 Å². The lowest BCUT2D eigenvalue weighted by atomic mass is 10.3. The Kier molecular flexibility index (Phi) is 11.6. The summed E-state index contributed by atoms with van der Waals surface area (Å²) in [4.78, 5) is 4.09. The predicted molar refractivity (Wildman–Crippen MR) is 83.2 cm³/mol. The molecule has 0 aliphatic rings. The number of anilines is 1. The van der Waals surface area contributed by atoms with E-state index in [4.69, 9.17) is 17.4 Å². The Labute approximate surface area is 116 Å². The summed E-state index contributed by atoms with van der Waals surface area (Å²) in [7, 11) is 0. The van der Waals surface area contributed by atoms with E-state index in [1.165, 1.54) is 5.01 Å². The minimum Gasteiger partial charge on any atom is -0.384 e. The van der Waals surface area contributed by atoms with Crippen LogP contribution in [0.4, 0.5) is 5.82 Å². The number of pyridine rings is 1. The van der Waals surface area contributed by atoms with Gasteiger partial charge in [-0.2, -0.15) is 5.10 Å². The fraction of sp³-hybridized carbons (Fsp3) is 0.538. The molecule has 1 aromatic rings. The average Bonchev–Trinajstić information content (AvgIpc) is 2.44. The normalized spacial score (nSPS) is 10.0. The number of nitrogens with two attached hydrogens (primary N) is 3. The second-order valence-electron chi connectivity index (χ2n) is 3.40. The minimum atomic E-state index is 0.0792. The molecule has 6 N–H and O–H groups in total. The van der Waals surface area contributed by atoms with Crippen LogP contribution in [0.5, 0.6) is 0 Å². The Bertz CT molecular complexity index is 362. The predicted octanol–water partition coefficient (Wildman–Crippen LogP) is 1.92. The van der Waals surface area contributed by atoms with E-state index in [2.05, 4.69) is 10.1 Å². The fourth-order valence-corrected chi connectivity index (χ4v) is 1.09. The molecular formula is C13H28N6. The standard InChI is InChI=1S/C9H16N6.2C2H6/c1-6(2)15(12)9(14-11)7-4-3-5-8(10)13-7;2*1-2/h3-6H,11-12H2,1-2H3,(H2,10,13);2*1-2H3/b14-9-;;. The van der Waals surface area contributed by atoms with Crippen LogP contribution in [-0.4, -0.2) is 21.9 Å². The molecule has 0 amide bonds. The van der Waals surface area contributed by atoms with Crippen molar-refractivity contribution in [3.05, 3.63) is 23.9 Å². The molecule has 0 spiro atoms. The molecule has 6 heteroatoms. The molecule has 0 aliphatic carbocycles. The van der Waals surface area contributed by atoms with Crippen LogP contribution in [0.1, 0.15) is 47.2 Å². The summed E-state index contributed by atoms with van der Waals surface area (Å²) in [6.45, 7) is 11.9. The molecule has 0 atom stereocenters. The third-order valence-corrected chi connectivity index (χ3v) is 1.92. The summed E-state index contributed by atoms with van der Waals surface area (Å²) in [5.74, 6) is 11.9. The van der Waals surface area contributed by atoms with E-state index in [9.17, 15) is 0 Å². The molecule has 0 saturated heterocycles. The molecule has 0 saturated carbocycles. The van der Waals surface area contributed by atoms with Crippen LogP contribution in [0, 0.1) is 0 Å². The smallest absolute Gasteiger partial charge is 0.188 e. The molecule has 6 nitrogen and oxygen atoms in total. The van der Waals surface area contributed by atoms with Gasteiger partial charge in [0.1, 0.15) is 11.5 Å². The number of hydrogen-bond acceptors (Lipinski definition) is 5. The van der Waals surface area contributed by atoms with Crippen molar-refractivity contribution in [1.29, 1.82) is 0 Å². The molecule has 0 bridgehead atoms. The van der Waals surface area contributed by atoms with E-state index in [0.29, 0.717) is 17.3 Å². The van der Waals surface area contributed by atoms with E-state index in [1.807, 2.05) is 41.5 Å². The Balaban J connectivity index is 0. The van der Waals surface area contributed by atoms with Crippen LogP contribution in [0.3, 0.4) is 0 Å². The first kappa shape index (κ1) is 19.5. The molecule has 1 rings (SSSR count). The first-order chi connectivity index (χ1) is 9.06. The number of hydrazone groups is 1. The lowest BCUT2D eigenvalue weighted by molar-refractivity contribution is 0.362. The van der Waals surface area contributed by atoms with Crippen LogP contribution < -0.4 is 17.4 Å². The van der Waals surface area contributed by atoms with Gasteiger partial charge in [0.2, 0.25) is 0 Å². The van der Waals surface area contributed by atoms with Crippen molar-refractivity contribution in [2.45, 2.75) is 47.6 Å². The number of nitrogen functional groups attached to an aromatic ring is 1. The molecule has 0 unspecified atom stereocenters. The maximum absolute atomic E-state index is 5.80. The monoisotopic (exact) mass is 268 g/mol. The van der Waals surface area contributed by atoms with Crippen molar-refractivity contribution < 1.29 is 0 Å². The number of rotatable bonds is 2. The van der Waals surface area contributed by atoms with Crippen molar-refractivity contribution in [2.75, 3.05) is 5.73 Å². The first-order valence-corrected chi connectivity index (χ1v) is 6.61. The Morgan fingerprint density at radius 2 is 1.74 bits per heavy atom. The van der Waals surface area contributed by atoms with Gasteiger partial charge in [0.25, 0.3) is 0 Å². The van der Waals surface area contributed by atoms with Crippen molar-refractivity contribution in [3.8, 4) is 0 Å². The average molecular weight is 268 g/mol. The minimum absolute atomic E-state index is 0.0792. The third-order valence-electron chi connectivity index (χ3n) is 1.92. The Hall–Kier alpha value is -1.82. The van der Waals surface area contributed by atoms with E-state index in [0.717, 1.165) is 0 Å². The Morgan fingerprint density at radius 3 is 2.11 bits per heavy atom.